The van der Waals surface area contributed by atoms with Crippen molar-refractivity contribution in [1.29, 1.82) is 0 Å². The molecule has 5 rings (SSSR count). The molecule has 1 aliphatic heterocycles. The average Bonchev–Trinajstić information content (AvgIpc) is 3.23. The largest absolute Gasteiger partial charge is 0.493 e. The predicted molar refractivity (Wildman–Crippen MR) is 105 cm³/mol. The summed E-state index contributed by atoms with van der Waals surface area (Å²) >= 11 is 0. The Kier molecular flexibility index (Phi) is 4.20. The van der Waals surface area contributed by atoms with E-state index in [2.05, 4.69) is 15.5 Å². The summed E-state index contributed by atoms with van der Waals surface area (Å²) in [5.74, 6) is 0.170. The molecule has 1 unspecified atom stereocenters. The fourth-order valence-electron chi connectivity index (χ4n) is 3.67. The van der Waals surface area contributed by atoms with Crippen molar-refractivity contribution in [3.8, 4) is 16.9 Å². The molecule has 0 fully saturated rings. The molecule has 0 saturated carbocycles. The molecule has 6 nitrogen and oxygen atoms in total. The molecule has 29 heavy (non-hydrogen) atoms. The van der Waals surface area contributed by atoms with Crippen molar-refractivity contribution in [2.45, 2.75) is 12.5 Å². The molecule has 1 atom stereocenters. The third kappa shape index (κ3) is 3.10. The third-order valence-electron chi connectivity index (χ3n) is 5.11. The highest BCUT2D eigenvalue weighted by Gasteiger charge is 2.25. The minimum atomic E-state index is -0.289. The van der Waals surface area contributed by atoms with Crippen molar-refractivity contribution in [3.63, 3.8) is 0 Å². The Morgan fingerprint density at radius 1 is 1.17 bits per heavy atom. The van der Waals surface area contributed by atoms with Crippen LogP contribution < -0.4 is 10.1 Å². The summed E-state index contributed by atoms with van der Waals surface area (Å²) < 4.78 is 21.7. The summed E-state index contributed by atoms with van der Waals surface area (Å²) in [6.07, 6.45) is 3.96. The number of carbonyl (C=O) groups is 1. The monoisotopic (exact) mass is 388 g/mol. The Bertz CT molecular complexity index is 1220. The molecular weight excluding hydrogens is 371 g/mol. The SMILES string of the molecule is O=C(NC1CCOc2ccc(-c3ccccc3F)cc21)c1cccn2cnnc12. The molecule has 7 heteroatoms. The molecule has 2 aromatic carbocycles. The maximum atomic E-state index is 14.2. The zero-order chi connectivity index (χ0) is 19.8. The zero-order valence-corrected chi connectivity index (χ0v) is 15.4. The van der Waals surface area contributed by atoms with Crippen molar-refractivity contribution in [2.75, 3.05) is 6.61 Å². The topological polar surface area (TPSA) is 68.5 Å². The van der Waals surface area contributed by atoms with Crippen LogP contribution in [0.1, 0.15) is 28.4 Å². The second-order valence-corrected chi connectivity index (χ2v) is 6.88. The first kappa shape index (κ1) is 17.4. The van der Waals surface area contributed by atoms with Gasteiger partial charge in [0.1, 0.15) is 17.9 Å². The van der Waals surface area contributed by atoms with Gasteiger partial charge in [-0.25, -0.2) is 4.39 Å². The molecule has 0 saturated heterocycles. The quantitative estimate of drug-likeness (QED) is 0.580. The van der Waals surface area contributed by atoms with Gasteiger partial charge in [0.15, 0.2) is 5.65 Å². The van der Waals surface area contributed by atoms with Gasteiger partial charge in [0, 0.05) is 23.7 Å². The van der Waals surface area contributed by atoms with Crippen molar-refractivity contribution >= 4 is 11.6 Å². The van der Waals surface area contributed by atoms with Crippen LogP contribution in [-0.4, -0.2) is 27.1 Å². The minimum Gasteiger partial charge on any atom is -0.493 e. The summed E-state index contributed by atoms with van der Waals surface area (Å²) in [7, 11) is 0. The van der Waals surface area contributed by atoms with Gasteiger partial charge >= 0.3 is 0 Å². The molecule has 0 radical (unpaired) electrons. The fraction of sp³-hybridized carbons (Fsp3) is 0.136. The number of carbonyl (C=O) groups excluding carboxylic acids is 1. The van der Waals surface area contributed by atoms with E-state index in [0.29, 0.717) is 35.6 Å². The normalized spacial score (nSPS) is 15.6. The Hall–Kier alpha value is -3.74. The number of amides is 1. The second-order valence-electron chi connectivity index (χ2n) is 6.88. The van der Waals surface area contributed by atoms with Crippen LogP contribution in [0.4, 0.5) is 4.39 Å². The molecular formula is C22H17FN4O2. The molecule has 0 bridgehead atoms. The first-order valence-electron chi connectivity index (χ1n) is 9.31. The van der Waals surface area contributed by atoms with Crippen LogP contribution in [0.2, 0.25) is 0 Å². The fourth-order valence-corrected chi connectivity index (χ4v) is 3.67. The van der Waals surface area contributed by atoms with Crippen molar-refractivity contribution in [2.24, 2.45) is 0 Å². The average molecular weight is 388 g/mol. The molecule has 144 valence electrons. The summed E-state index contributed by atoms with van der Waals surface area (Å²) in [5, 5.41) is 11.0. The summed E-state index contributed by atoms with van der Waals surface area (Å²) in [5.41, 5.74) is 3.03. The number of aromatic nitrogens is 3. The van der Waals surface area contributed by atoms with E-state index in [1.54, 1.807) is 47.3 Å². The first-order chi connectivity index (χ1) is 14.2. The Morgan fingerprint density at radius 3 is 2.97 bits per heavy atom. The van der Waals surface area contributed by atoms with E-state index in [0.717, 1.165) is 11.1 Å². The smallest absolute Gasteiger partial charge is 0.255 e. The lowest BCUT2D eigenvalue weighted by molar-refractivity contribution is 0.0926. The standard InChI is InChI=1S/C22H17FN4O2/c23-18-6-2-1-4-15(18)14-7-8-20-17(12-14)19(9-11-29-20)25-22(28)16-5-3-10-27-13-24-26-21(16)27/h1-8,10,12-13,19H,9,11H2,(H,25,28). The van der Waals surface area contributed by atoms with E-state index in [4.69, 9.17) is 4.74 Å². The number of halogens is 1. The molecule has 1 aliphatic rings. The van der Waals surface area contributed by atoms with Crippen molar-refractivity contribution < 1.29 is 13.9 Å². The number of ether oxygens (including phenoxy) is 1. The lowest BCUT2D eigenvalue weighted by Crippen LogP contribution is -2.32. The highest BCUT2D eigenvalue weighted by Crippen LogP contribution is 2.36. The van der Waals surface area contributed by atoms with E-state index in [1.807, 2.05) is 18.2 Å². The van der Waals surface area contributed by atoms with Gasteiger partial charge in [-0.1, -0.05) is 24.3 Å². The first-order valence-corrected chi connectivity index (χ1v) is 9.31. The number of nitrogens with one attached hydrogen (secondary N) is 1. The van der Waals surface area contributed by atoms with Crippen LogP contribution >= 0.6 is 0 Å². The van der Waals surface area contributed by atoms with E-state index < -0.39 is 0 Å². The van der Waals surface area contributed by atoms with E-state index in [1.165, 1.54) is 6.07 Å². The van der Waals surface area contributed by atoms with Gasteiger partial charge in [0.25, 0.3) is 5.91 Å². The highest BCUT2D eigenvalue weighted by molar-refractivity contribution is 6.00. The lowest BCUT2D eigenvalue weighted by atomic mass is 9.95. The summed E-state index contributed by atoms with van der Waals surface area (Å²) in [6, 6.07) is 15.4. The molecule has 3 heterocycles. The minimum absolute atomic E-state index is 0.238. The van der Waals surface area contributed by atoms with Gasteiger partial charge in [-0.3, -0.25) is 9.20 Å². The summed E-state index contributed by atoms with van der Waals surface area (Å²) in [6.45, 7) is 0.492. The molecule has 0 aliphatic carbocycles. The van der Waals surface area contributed by atoms with Crippen molar-refractivity contribution in [1.82, 2.24) is 19.9 Å². The van der Waals surface area contributed by atoms with Gasteiger partial charge in [-0.2, -0.15) is 0 Å². The summed E-state index contributed by atoms with van der Waals surface area (Å²) in [4.78, 5) is 13.0. The maximum Gasteiger partial charge on any atom is 0.255 e. The van der Waals surface area contributed by atoms with Crippen LogP contribution in [0.5, 0.6) is 5.75 Å². The van der Waals surface area contributed by atoms with Crippen LogP contribution in [0.3, 0.4) is 0 Å². The van der Waals surface area contributed by atoms with Gasteiger partial charge < -0.3 is 10.1 Å². The van der Waals surface area contributed by atoms with Gasteiger partial charge in [-0.05, 0) is 35.9 Å². The predicted octanol–water partition coefficient (Wildman–Crippen LogP) is 3.79. The van der Waals surface area contributed by atoms with E-state index in [-0.39, 0.29) is 17.8 Å². The molecule has 1 amide bonds. The van der Waals surface area contributed by atoms with E-state index in [9.17, 15) is 9.18 Å². The van der Waals surface area contributed by atoms with Crippen molar-refractivity contribution in [3.05, 3.63) is 84.1 Å². The van der Waals surface area contributed by atoms with E-state index >= 15 is 0 Å². The van der Waals surface area contributed by atoms with Crippen LogP contribution in [-0.2, 0) is 0 Å². The number of hydrogen-bond acceptors (Lipinski definition) is 4. The number of nitrogens with zero attached hydrogens (tertiary/aromatic N) is 3. The molecule has 4 aromatic rings. The second kappa shape index (κ2) is 7.01. The maximum absolute atomic E-state index is 14.2. The Labute approximate surface area is 166 Å². The lowest BCUT2D eigenvalue weighted by Gasteiger charge is -2.27. The van der Waals surface area contributed by atoms with Gasteiger partial charge in [0.2, 0.25) is 0 Å². The van der Waals surface area contributed by atoms with Crippen LogP contribution in [0.15, 0.2) is 67.1 Å². The van der Waals surface area contributed by atoms with Gasteiger partial charge in [0.05, 0.1) is 18.2 Å². The van der Waals surface area contributed by atoms with Crippen LogP contribution in [0.25, 0.3) is 16.8 Å². The Balaban J connectivity index is 1.49. The number of fused-ring (bicyclic) bond motifs is 2. The number of benzene rings is 2. The number of pyridine rings is 1. The van der Waals surface area contributed by atoms with Gasteiger partial charge in [-0.15, -0.1) is 10.2 Å². The third-order valence-corrected chi connectivity index (χ3v) is 5.11. The number of rotatable bonds is 3. The molecule has 1 N–H and O–H groups in total. The zero-order valence-electron chi connectivity index (χ0n) is 15.4. The molecule has 0 spiro atoms. The highest BCUT2D eigenvalue weighted by atomic mass is 19.1. The molecule has 2 aromatic heterocycles. The number of hydrogen-bond donors (Lipinski definition) is 1. The Morgan fingerprint density at radius 2 is 2.07 bits per heavy atom. The van der Waals surface area contributed by atoms with Crippen LogP contribution in [0, 0.1) is 5.82 Å².